The zero-order valence-electron chi connectivity index (χ0n) is 17.6. The highest BCUT2D eigenvalue weighted by molar-refractivity contribution is 6.31. The zero-order valence-corrected chi connectivity index (χ0v) is 18.4. The third-order valence-corrected chi connectivity index (χ3v) is 6.25. The van der Waals surface area contributed by atoms with Gasteiger partial charge >= 0.3 is 0 Å². The first kappa shape index (κ1) is 22.9. The molecule has 0 aliphatic carbocycles. The molecule has 2 aromatic carbocycles. The molecule has 1 aliphatic heterocycles. The van der Waals surface area contributed by atoms with Gasteiger partial charge in [0.1, 0.15) is 30.5 Å². The standard InChI is InChI=1S/C25H26ClNO5/c1-14-2-5-18(12-27-14)16-6-3-15(4-7-16)10-19-11-17(8-9-20(19)26)25-24(31)23(30)22(29)21(13-28)32-25/h2-9,11-12,21-25,28-31H,10,13H2,1H3/t21-,22-,23+,24-,25+/m1/s1. The van der Waals surface area contributed by atoms with Gasteiger partial charge in [0, 0.05) is 22.5 Å². The quantitative estimate of drug-likeness (QED) is 0.472. The third-order valence-electron chi connectivity index (χ3n) is 5.88. The average molecular weight is 456 g/mol. The molecule has 32 heavy (non-hydrogen) atoms. The molecule has 0 saturated carbocycles. The van der Waals surface area contributed by atoms with E-state index in [0.29, 0.717) is 17.0 Å². The van der Waals surface area contributed by atoms with E-state index in [1.54, 1.807) is 12.1 Å². The number of aliphatic hydroxyl groups is 4. The molecule has 168 valence electrons. The van der Waals surface area contributed by atoms with Crippen molar-refractivity contribution >= 4 is 11.6 Å². The topological polar surface area (TPSA) is 103 Å². The molecular formula is C25H26ClNO5. The van der Waals surface area contributed by atoms with Crippen LogP contribution in [0.3, 0.4) is 0 Å². The van der Waals surface area contributed by atoms with E-state index >= 15 is 0 Å². The highest BCUT2D eigenvalue weighted by Gasteiger charge is 2.44. The Labute approximate surface area is 191 Å². The Hall–Kier alpha value is -2.32. The SMILES string of the molecule is Cc1ccc(-c2ccc(Cc3cc([C@@H]4O[C@H](CO)[C@@H](O)[C@H](O)[C@H]4O)ccc3Cl)cc2)cn1. The molecule has 4 rings (SSSR count). The minimum atomic E-state index is -1.42. The fourth-order valence-electron chi connectivity index (χ4n) is 3.96. The number of hydrogen-bond acceptors (Lipinski definition) is 6. The van der Waals surface area contributed by atoms with Crippen LogP contribution in [-0.2, 0) is 11.2 Å². The Bertz CT molecular complexity index is 1050. The summed E-state index contributed by atoms with van der Waals surface area (Å²) in [6.07, 6.45) is -3.57. The van der Waals surface area contributed by atoms with E-state index in [0.717, 1.165) is 27.9 Å². The van der Waals surface area contributed by atoms with Crippen LogP contribution in [-0.4, -0.2) is 56.4 Å². The summed E-state index contributed by atoms with van der Waals surface area (Å²) in [6.45, 7) is 1.49. The van der Waals surface area contributed by atoms with Crippen LogP contribution < -0.4 is 0 Å². The van der Waals surface area contributed by atoms with Crippen LogP contribution in [0, 0.1) is 6.92 Å². The highest BCUT2D eigenvalue weighted by Crippen LogP contribution is 2.34. The number of hydrogen-bond donors (Lipinski definition) is 4. The van der Waals surface area contributed by atoms with Crippen molar-refractivity contribution < 1.29 is 25.2 Å². The van der Waals surface area contributed by atoms with Gasteiger partial charge in [-0.25, -0.2) is 0 Å². The van der Waals surface area contributed by atoms with Gasteiger partial charge in [0.25, 0.3) is 0 Å². The molecule has 7 heteroatoms. The minimum Gasteiger partial charge on any atom is -0.394 e. The summed E-state index contributed by atoms with van der Waals surface area (Å²) in [7, 11) is 0. The molecule has 3 aromatic rings. The molecule has 0 bridgehead atoms. The number of aryl methyl sites for hydroxylation is 1. The summed E-state index contributed by atoms with van der Waals surface area (Å²) in [4.78, 5) is 4.34. The normalized spacial score (nSPS) is 25.6. The van der Waals surface area contributed by atoms with Crippen molar-refractivity contribution in [2.24, 2.45) is 0 Å². The van der Waals surface area contributed by atoms with Crippen LogP contribution in [0.1, 0.15) is 28.5 Å². The van der Waals surface area contributed by atoms with E-state index in [2.05, 4.69) is 4.98 Å². The molecule has 0 radical (unpaired) electrons. The summed E-state index contributed by atoms with van der Waals surface area (Å²) in [5, 5.41) is 40.6. The maximum absolute atomic E-state index is 10.4. The number of benzene rings is 2. The second kappa shape index (κ2) is 9.67. The van der Waals surface area contributed by atoms with Crippen LogP contribution in [0.4, 0.5) is 0 Å². The fourth-order valence-corrected chi connectivity index (χ4v) is 4.14. The van der Waals surface area contributed by atoms with Crippen molar-refractivity contribution in [3.05, 3.63) is 88.2 Å². The lowest BCUT2D eigenvalue weighted by atomic mass is 9.90. The largest absolute Gasteiger partial charge is 0.394 e. The summed E-state index contributed by atoms with van der Waals surface area (Å²) in [5.74, 6) is 0. The van der Waals surface area contributed by atoms with Crippen molar-refractivity contribution in [2.75, 3.05) is 6.61 Å². The minimum absolute atomic E-state index is 0.468. The van der Waals surface area contributed by atoms with Gasteiger partial charge in [-0.15, -0.1) is 0 Å². The maximum Gasteiger partial charge on any atom is 0.113 e. The van der Waals surface area contributed by atoms with E-state index in [1.807, 2.05) is 55.6 Å². The molecule has 1 aromatic heterocycles. The number of pyridine rings is 1. The van der Waals surface area contributed by atoms with Crippen molar-refractivity contribution in [3.63, 3.8) is 0 Å². The molecule has 0 amide bonds. The summed E-state index contributed by atoms with van der Waals surface area (Å²) >= 11 is 6.43. The molecule has 5 atom stereocenters. The van der Waals surface area contributed by atoms with Gasteiger partial charge in [0.15, 0.2) is 0 Å². The third kappa shape index (κ3) is 4.71. The first-order valence-electron chi connectivity index (χ1n) is 10.5. The van der Waals surface area contributed by atoms with Gasteiger partial charge < -0.3 is 25.2 Å². The number of nitrogens with zero attached hydrogens (tertiary/aromatic N) is 1. The van der Waals surface area contributed by atoms with Crippen LogP contribution >= 0.6 is 11.6 Å². The van der Waals surface area contributed by atoms with E-state index in [9.17, 15) is 20.4 Å². The number of halogens is 1. The van der Waals surface area contributed by atoms with E-state index in [4.69, 9.17) is 16.3 Å². The smallest absolute Gasteiger partial charge is 0.113 e. The van der Waals surface area contributed by atoms with E-state index in [1.165, 1.54) is 0 Å². The predicted molar refractivity (Wildman–Crippen MR) is 121 cm³/mol. The first-order valence-corrected chi connectivity index (χ1v) is 10.9. The van der Waals surface area contributed by atoms with Crippen molar-refractivity contribution in [1.29, 1.82) is 0 Å². The Morgan fingerprint density at radius 2 is 1.62 bits per heavy atom. The van der Waals surface area contributed by atoms with Gasteiger partial charge in [-0.3, -0.25) is 4.98 Å². The Balaban J connectivity index is 1.55. The Morgan fingerprint density at radius 3 is 2.28 bits per heavy atom. The maximum atomic E-state index is 10.4. The molecule has 1 aliphatic rings. The summed E-state index contributed by atoms with van der Waals surface area (Å²) < 4.78 is 5.68. The van der Waals surface area contributed by atoms with Crippen molar-refractivity contribution in [3.8, 4) is 11.1 Å². The summed E-state index contributed by atoms with van der Waals surface area (Å²) in [6, 6.07) is 17.4. The lowest BCUT2D eigenvalue weighted by Gasteiger charge is -2.40. The monoisotopic (exact) mass is 455 g/mol. The van der Waals surface area contributed by atoms with Gasteiger partial charge in [0.05, 0.1) is 6.61 Å². The second-order valence-electron chi connectivity index (χ2n) is 8.16. The van der Waals surface area contributed by atoms with Crippen LogP contribution in [0.5, 0.6) is 0 Å². The fraction of sp³-hybridized carbons (Fsp3) is 0.320. The first-order chi connectivity index (χ1) is 15.4. The van der Waals surface area contributed by atoms with Gasteiger partial charge in [-0.05, 0) is 47.7 Å². The molecule has 2 heterocycles. The number of aliphatic hydroxyl groups excluding tert-OH is 4. The Morgan fingerprint density at radius 1 is 0.906 bits per heavy atom. The Kier molecular flexibility index (Phi) is 6.90. The predicted octanol–water partition coefficient (Wildman–Crippen LogP) is 2.82. The average Bonchev–Trinajstić information content (AvgIpc) is 2.80. The molecule has 1 saturated heterocycles. The van der Waals surface area contributed by atoms with Crippen LogP contribution in [0.2, 0.25) is 5.02 Å². The number of ether oxygens (including phenoxy) is 1. The summed E-state index contributed by atoms with van der Waals surface area (Å²) in [5.41, 5.74) is 5.60. The van der Waals surface area contributed by atoms with E-state index < -0.39 is 37.1 Å². The van der Waals surface area contributed by atoms with Crippen LogP contribution in [0.15, 0.2) is 60.8 Å². The van der Waals surface area contributed by atoms with Crippen molar-refractivity contribution in [1.82, 2.24) is 4.98 Å². The second-order valence-corrected chi connectivity index (χ2v) is 8.57. The highest BCUT2D eigenvalue weighted by atomic mass is 35.5. The van der Waals surface area contributed by atoms with E-state index in [-0.39, 0.29) is 0 Å². The van der Waals surface area contributed by atoms with Crippen molar-refractivity contribution in [2.45, 2.75) is 43.9 Å². The lowest BCUT2D eigenvalue weighted by Crippen LogP contribution is -2.55. The number of rotatable bonds is 5. The van der Waals surface area contributed by atoms with Gasteiger partial charge in [-0.2, -0.15) is 0 Å². The number of aromatic nitrogens is 1. The van der Waals surface area contributed by atoms with Gasteiger partial charge in [-0.1, -0.05) is 54.1 Å². The molecule has 0 unspecified atom stereocenters. The van der Waals surface area contributed by atoms with Gasteiger partial charge in [0.2, 0.25) is 0 Å². The lowest BCUT2D eigenvalue weighted by molar-refractivity contribution is -0.231. The molecule has 6 nitrogen and oxygen atoms in total. The van der Waals surface area contributed by atoms with Crippen LogP contribution in [0.25, 0.3) is 11.1 Å². The molecular weight excluding hydrogens is 430 g/mol. The molecule has 4 N–H and O–H groups in total. The molecule has 0 spiro atoms. The zero-order chi connectivity index (χ0) is 22.8. The molecule has 1 fully saturated rings.